The average Bonchev–Trinajstić information content (AvgIpc) is 2.95. The molecule has 9 heteroatoms. The van der Waals surface area contributed by atoms with Crippen molar-refractivity contribution < 1.29 is 19.4 Å². The van der Waals surface area contributed by atoms with Gasteiger partial charge in [0.1, 0.15) is 0 Å². The van der Waals surface area contributed by atoms with Crippen molar-refractivity contribution in [2.75, 3.05) is 19.8 Å². The van der Waals surface area contributed by atoms with Gasteiger partial charge in [0, 0.05) is 11.6 Å². The van der Waals surface area contributed by atoms with Crippen molar-refractivity contribution in [1.29, 1.82) is 0 Å². The Labute approximate surface area is 142 Å². The van der Waals surface area contributed by atoms with Crippen LogP contribution in [-0.4, -0.2) is 62.7 Å². The summed E-state index contributed by atoms with van der Waals surface area (Å²) in [5, 5.41) is 17.7. The van der Waals surface area contributed by atoms with Gasteiger partial charge in [0.25, 0.3) is 5.91 Å². The second kappa shape index (κ2) is 6.58. The van der Waals surface area contributed by atoms with Crippen molar-refractivity contribution in [3.8, 4) is 5.69 Å². The number of hydrogen-bond acceptors (Lipinski definition) is 5. The molecule has 1 aliphatic heterocycles. The highest BCUT2D eigenvalue weighted by molar-refractivity contribution is 6.30. The van der Waals surface area contributed by atoms with Crippen LogP contribution in [0.5, 0.6) is 0 Å². The van der Waals surface area contributed by atoms with Crippen molar-refractivity contribution in [2.45, 2.75) is 13.0 Å². The molecule has 0 saturated carbocycles. The molecule has 1 amide bonds. The molecule has 1 atom stereocenters. The molecule has 1 aromatic heterocycles. The molecular weight excluding hydrogens is 336 g/mol. The highest BCUT2D eigenvalue weighted by Crippen LogP contribution is 2.19. The number of ether oxygens (including phenoxy) is 1. The number of carboxylic acids is 1. The largest absolute Gasteiger partial charge is 0.480 e. The van der Waals surface area contributed by atoms with Gasteiger partial charge in [-0.25, -0.2) is 9.48 Å². The van der Waals surface area contributed by atoms with Gasteiger partial charge in [-0.05, 0) is 25.1 Å². The number of morpholine rings is 1. The highest BCUT2D eigenvalue weighted by atomic mass is 35.5. The first kappa shape index (κ1) is 16.4. The van der Waals surface area contributed by atoms with Gasteiger partial charge in [-0.15, -0.1) is 5.10 Å². The number of carboxylic acid groups (broad SMARTS) is 1. The maximum atomic E-state index is 12.7. The van der Waals surface area contributed by atoms with Gasteiger partial charge in [-0.1, -0.05) is 22.9 Å². The molecule has 24 heavy (non-hydrogen) atoms. The Morgan fingerprint density at radius 1 is 1.42 bits per heavy atom. The maximum absolute atomic E-state index is 12.7. The van der Waals surface area contributed by atoms with Gasteiger partial charge in [-0.3, -0.25) is 4.79 Å². The highest BCUT2D eigenvalue weighted by Gasteiger charge is 2.35. The predicted molar refractivity (Wildman–Crippen MR) is 84.4 cm³/mol. The topological polar surface area (TPSA) is 97.6 Å². The van der Waals surface area contributed by atoms with Crippen molar-refractivity contribution >= 4 is 23.5 Å². The number of halogens is 1. The first-order valence-electron chi connectivity index (χ1n) is 7.29. The molecular formula is C15H15ClN4O4. The summed E-state index contributed by atoms with van der Waals surface area (Å²) >= 11 is 5.98. The Kier molecular flexibility index (Phi) is 4.50. The number of aliphatic carboxylic acids is 1. The molecule has 0 bridgehead atoms. The van der Waals surface area contributed by atoms with Crippen LogP contribution in [-0.2, 0) is 9.53 Å². The minimum atomic E-state index is -1.11. The quantitative estimate of drug-likeness (QED) is 0.892. The van der Waals surface area contributed by atoms with E-state index in [1.54, 1.807) is 31.2 Å². The Morgan fingerprint density at radius 2 is 2.21 bits per heavy atom. The molecule has 1 aromatic carbocycles. The molecule has 1 fully saturated rings. The molecule has 1 N–H and O–H groups in total. The zero-order valence-corrected chi connectivity index (χ0v) is 13.6. The van der Waals surface area contributed by atoms with E-state index >= 15 is 0 Å². The van der Waals surface area contributed by atoms with Crippen LogP contribution in [0.1, 0.15) is 16.2 Å². The van der Waals surface area contributed by atoms with Gasteiger partial charge in [0.05, 0.1) is 24.6 Å². The van der Waals surface area contributed by atoms with Gasteiger partial charge < -0.3 is 14.7 Å². The maximum Gasteiger partial charge on any atom is 0.328 e. The lowest BCUT2D eigenvalue weighted by Crippen LogP contribution is -2.52. The van der Waals surface area contributed by atoms with Crippen LogP contribution in [0, 0.1) is 6.92 Å². The summed E-state index contributed by atoms with van der Waals surface area (Å²) in [5.41, 5.74) is 1.30. The summed E-state index contributed by atoms with van der Waals surface area (Å²) in [6.45, 7) is 2.14. The second-order valence-electron chi connectivity index (χ2n) is 5.34. The van der Waals surface area contributed by atoms with Gasteiger partial charge in [-0.2, -0.15) is 0 Å². The number of benzene rings is 1. The first-order valence-corrected chi connectivity index (χ1v) is 7.66. The molecule has 0 aliphatic carbocycles. The van der Waals surface area contributed by atoms with E-state index in [1.165, 1.54) is 9.58 Å². The minimum absolute atomic E-state index is 0.0391. The van der Waals surface area contributed by atoms with E-state index in [2.05, 4.69) is 10.3 Å². The first-order chi connectivity index (χ1) is 11.5. The number of hydrogen-bond donors (Lipinski definition) is 1. The van der Waals surface area contributed by atoms with Crippen LogP contribution in [0.3, 0.4) is 0 Å². The minimum Gasteiger partial charge on any atom is -0.480 e. The molecule has 1 unspecified atom stereocenters. The Bertz CT molecular complexity index is 792. The molecule has 1 saturated heterocycles. The fourth-order valence-corrected chi connectivity index (χ4v) is 2.75. The predicted octanol–water partition coefficient (Wildman–Crippen LogP) is 1.15. The summed E-state index contributed by atoms with van der Waals surface area (Å²) < 4.78 is 6.64. The van der Waals surface area contributed by atoms with E-state index < -0.39 is 17.9 Å². The Balaban J connectivity index is 1.92. The lowest BCUT2D eigenvalue weighted by molar-refractivity contribution is -0.147. The van der Waals surface area contributed by atoms with Crippen molar-refractivity contribution in [1.82, 2.24) is 19.9 Å². The number of aromatic nitrogens is 3. The average molecular weight is 351 g/mol. The fourth-order valence-electron chi connectivity index (χ4n) is 2.57. The smallest absolute Gasteiger partial charge is 0.328 e. The molecule has 2 heterocycles. The van der Waals surface area contributed by atoms with Crippen LogP contribution in [0.25, 0.3) is 5.69 Å². The molecule has 1 aliphatic rings. The van der Waals surface area contributed by atoms with Crippen LogP contribution < -0.4 is 0 Å². The third-order valence-corrected chi connectivity index (χ3v) is 4.06. The van der Waals surface area contributed by atoms with E-state index in [0.717, 1.165) is 0 Å². The third kappa shape index (κ3) is 2.98. The van der Waals surface area contributed by atoms with Gasteiger partial charge >= 0.3 is 5.97 Å². The molecule has 0 radical (unpaired) electrons. The van der Waals surface area contributed by atoms with Gasteiger partial charge in [0.2, 0.25) is 0 Å². The fraction of sp³-hybridized carbons (Fsp3) is 0.333. The monoisotopic (exact) mass is 350 g/mol. The normalized spacial score (nSPS) is 17.8. The van der Waals surface area contributed by atoms with Crippen molar-refractivity contribution in [2.24, 2.45) is 0 Å². The van der Waals surface area contributed by atoms with Crippen molar-refractivity contribution in [3.05, 3.63) is 40.7 Å². The Hall–Kier alpha value is -2.45. The number of nitrogens with zero attached hydrogens (tertiary/aromatic N) is 4. The number of amides is 1. The summed E-state index contributed by atoms with van der Waals surface area (Å²) in [6.07, 6.45) is 0. The second-order valence-corrected chi connectivity index (χ2v) is 5.78. The van der Waals surface area contributed by atoms with Crippen LogP contribution in [0.4, 0.5) is 0 Å². The molecule has 0 spiro atoms. The van der Waals surface area contributed by atoms with E-state index in [-0.39, 0.29) is 25.5 Å². The zero-order chi connectivity index (χ0) is 17.3. The van der Waals surface area contributed by atoms with Crippen LogP contribution in [0.15, 0.2) is 24.3 Å². The third-order valence-electron chi connectivity index (χ3n) is 3.82. The van der Waals surface area contributed by atoms with Crippen LogP contribution in [0.2, 0.25) is 5.02 Å². The summed E-state index contributed by atoms with van der Waals surface area (Å²) in [4.78, 5) is 25.3. The van der Waals surface area contributed by atoms with Crippen molar-refractivity contribution in [3.63, 3.8) is 0 Å². The molecule has 126 valence electrons. The molecule has 8 nitrogen and oxygen atoms in total. The Morgan fingerprint density at radius 3 is 2.92 bits per heavy atom. The summed E-state index contributed by atoms with van der Waals surface area (Å²) in [6, 6.07) is 5.96. The number of rotatable bonds is 3. The summed E-state index contributed by atoms with van der Waals surface area (Å²) in [7, 11) is 0. The van der Waals surface area contributed by atoms with Crippen LogP contribution >= 0.6 is 11.6 Å². The standard InChI is InChI=1S/C15H15ClN4O4/c1-9-13(14(21)19-5-6-24-8-12(19)15(22)23)17-18-20(9)11-4-2-3-10(16)7-11/h2-4,7,12H,5-6,8H2,1H3,(H,22,23). The van der Waals surface area contributed by atoms with Gasteiger partial charge in [0.15, 0.2) is 11.7 Å². The van der Waals surface area contributed by atoms with E-state index in [4.69, 9.17) is 16.3 Å². The molecule has 3 rings (SSSR count). The number of carbonyl (C=O) groups is 2. The number of carbonyl (C=O) groups excluding carboxylic acids is 1. The van der Waals surface area contributed by atoms with E-state index in [9.17, 15) is 14.7 Å². The molecule has 2 aromatic rings. The lowest BCUT2D eigenvalue weighted by Gasteiger charge is -2.32. The SMILES string of the molecule is Cc1c(C(=O)N2CCOCC2C(=O)O)nnn1-c1cccc(Cl)c1. The van der Waals surface area contributed by atoms with E-state index in [1.807, 2.05) is 0 Å². The summed E-state index contributed by atoms with van der Waals surface area (Å²) in [5.74, 6) is -1.58. The lowest BCUT2D eigenvalue weighted by atomic mass is 10.2. The zero-order valence-electron chi connectivity index (χ0n) is 12.8. The van der Waals surface area contributed by atoms with E-state index in [0.29, 0.717) is 16.4 Å².